The van der Waals surface area contributed by atoms with Gasteiger partial charge in [-0.15, -0.1) is 38.0 Å². The highest BCUT2D eigenvalue weighted by Gasteiger charge is 2.31. The minimum Gasteiger partial charge on any atom is -0.406 e. The fraction of sp³-hybridized carbons (Fsp3) is 0.278. The van der Waals surface area contributed by atoms with Crippen LogP contribution in [0.3, 0.4) is 0 Å². The van der Waals surface area contributed by atoms with Gasteiger partial charge in [-0.1, -0.05) is 24.3 Å². The molecule has 2 aromatic carbocycles. The third-order valence-corrected chi connectivity index (χ3v) is 3.33. The van der Waals surface area contributed by atoms with E-state index in [0.717, 1.165) is 11.1 Å². The number of hydrogen-bond donors (Lipinski definition) is 1. The number of anilines is 1. The summed E-state index contributed by atoms with van der Waals surface area (Å²) in [6, 6.07) is 11.2. The summed E-state index contributed by atoms with van der Waals surface area (Å²) in [7, 11) is 3.80. The van der Waals surface area contributed by atoms with E-state index >= 15 is 0 Å². The first-order chi connectivity index (χ1) is 11.7. The molecule has 0 aliphatic heterocycles. The number of carbonyl (C=O) groups is 1. The van der Waals surface area contributed by atoms with E-state index in [9.17, 15) is 18.0 Å². The number of hydrogen-bond acceptors (Lipinski definition) is 3. The second-order valence-electron chi connectivity index (χ2n) is 5.83. The molecule has 0 heterocycles. The smallest absolute Gasteiger partial charge is 0.406 e. The largest absolute Gasteiger partial charge is 0.573 e. The van der Waals surface area contributed by atoms with Crippen molar-refractivity contribution in [2.45, 2.75) is 19.8 Å². The molecule has 1 amide bonds. The van der Waals surface area contributed by atoms with Gasteiger partial charge >= 0.3 is 6.36 Å². The van der Waals surface area contributed by atoms with E-state index in [4.69, 9.17) is 0 Å². The molecule has 0 radical (unpaired) electrons. The van der Waals surface area contributed by atoms with Crippen LogP contribution in [0.2, 0.25) is 0 Å². The fourth-order valence-corrected chi connectivity index (χ4v) is 2.50. The van der Waals surface area contributed by atoms with E-state index < -0.39 is 6.36 Å². The van der Waals surface area contributed by atoms with E-state index in [1.165, 1.54) is 25.1 Å². The van der Waals surface area contributed by atoms with Crippen LogP contribution in [0.4, 0.5) is 18.9 Å². The molecular formula is C18H21Cl2F3N2O2. The van der Waals surface area contributed by atoms with Crippen molar-refractivity contribution in [1.29, 1.82) is 0 Å². The molecule has 0 unspecified atom stereocenters. The van der Waals surface area contributed by atoms with E-state index in [1.54, 1.807) is 12.1 Å². The highest BCUT2D eigenvalue weighted by molar-refractivity contribution is 5.94. The van der Waals surface area contributed by atoms with Gasteiger partial charge in [0.1, 0.15) is 5.75 Å². The lowest BCUT2D eigenvalue weighted by Gasteiger charge is -2.18. The van der Waals surface area contributed by atoms with Gasteiger partial charge < -0.3 is 15.0 Å². The zero-order valence-electron chi connectivity index (χ0n) is 15.0. The van der Waals surface area contributed by atoms with E-state index in [-0.39, 0.29) is 36.5 Å². The summed E-state index contributed by atoms with van der Waals surface area (Å²) in [6.07, 6.45) is -4.78. The van der Waals surface area contributed by atoms with Gasteiger partial charge in [0, 0.05) is 24.7 Å². The molecule has 0 saturated carbocycles. The first-order valence-corrected chi connectivity index (χ1v) is 7.56. The summed E-state index contributed by atoms with van der Waals surface area (Å²) < 4.78 is 41.6. The monoisotopic (exact) mass is 424 g/mol. The summed E-state index contributed by atoms with van der Waals surface area (Å²) in [5, 5.41) is 2.65. The minimum atomic E-state index is -4.78. The average molecular weight is 425 g/mol. The van der Waals surface area contributed by atoms with Gasteiger partial charge in [0.15, 0.2) is 0 Å². The van der Waals surface area contributed by atoms with Crippen molar-refractivity contribution in [1.82, 2.24) is 4.90 Å². The topological polar surface area (TPSA) is 41.6 Å². The average Bonchev–Trinajstić information content (AvgIpc) is 2.47. The lowest BCUT2D eigenvalue weighted by molar-refractivity contribution is -0.274. The maximum Gasteiger partial charge on any atom is 0.573 e. The van der Waals surface area contributed by atoms with Crippen LogP contribution in [0.25, 0.3) is 11.1 Å². The van der Waals surface area contributed by atoms with Crippen LogP contribution in [0, 0.1) is 0 Å². The van der Waals surface area contributed by atoms with Crippen molar-refractivity contribution >= 4 is 36.4 Å². The van der Waals surface area contributed by atoms with Gasteiger partial charge in [0.25, 0.3) is 0 Å². The van der Waals surface area contributed by atoms with Crippen LogP contribution in [-0.2, 0) is 11.3 Å². The SMILES string of the molecule is CC(=O)Nc1ccc(OC(F)(F)F)cc1-c1ccccc1CN(C)C.Cl.Cl. The predicted molar refractivity (Wildman–Crippen MR) is 105 cm³/mol. The fourth-order valence-electron chi connectivity index (χ4n) is 2.50. The number of nitrogens with zero attached hydrogens (tertiary/aromatic N) is 1. The van der Waals surface area contributed by atoms with E-state index in [0.29, 0.717) is 17.8 Å². The third kappa shape index (κ3) is 7.66. The van der Waals surface area contributed by atoms with E-state index in [2.05, 4.69) is 10.1 Å². The van der Waals surface area contributed by atoms with Gasteiger partial charge in [0.2, 0.25) is 5.91 Å². The zero-order chi connectivity index (χ0) is 18.6. The second kappa shape index (κ2) is 10.4. The normalized spacial score (nSPS) is 10.6. The maximum atomic E-state index is 12.5. The summed E-state index contributed by atoms with van der Waals surface area (Å²) in [5.41, 5.74) is 2.54. The molecular weight excluding hydrogens is 404 g/mol. The summed E-state index contributed by atoms with van der Waals surface area (Å²) in [5.74, 6) is -0.646. The number of nitrogens with one attached hydrogen (secondary N) is 1. The van der Waals surface area contributed by atoms with Gasteiger partial charge in [-0.25, -0.2) is 0 Å². The Hall–Kier alpha value is -1.96. The van der Waals surface area contributed by atoms with Crippen LogP contribution in [0.1, 0.15) is 12.5 Å². The molecule has 0 aromatic heterocycles. The molecule has 0 atom stereocenters. The quantitative estimate of drug-likeness (QED) is 0.724. The lowest BCUT2D eigenvalue weighted by Crippen LogP contribution is -2.17. The van der Waals surface area contributed by atoms with Crippen molar-refractivity contribution in [3.63, 3.8) is 0 Å². The summed E-state index contributed by atoms with van der Waals surface area (Å²) >= 11 is 0. The maximum absolute atomic E-state index is 12.5. The molecule has 0 fully saturated rings. The Labute approximate surface area is 168 Å². The molecule has 0 aliphatic carbocycles. The van der Waals surface area contributed by atoms with Crippen molar-refractivity contribution < 1.29 is 22.7 Å². The van der Waals surface area contributed by atoms with Gasteiger partial charge in [-0.05, 0) is 43.4 Å². The molecule has 27 heavy (non-hydrogen) atoms. The molecule has 2 aromatic rings. The molecule has 0 bridgehead atoms. The van der Waals surface area contributed by atoms with Crippen LogP contribution in [-0.4, -0.2) is 31.3 Å². The van der Waals surface area contributed by atoms with Gasteiger partial charge in [-0.2, -0.15) is 0 Å². The highest BCUT2D eigenvalue weighted by Crippen LogP contribution is 2.36. The Kier molecular flexibility index (Phi) is 9.64. The molecule has 0 spiro atoms. The number of alkyl halides is 3. The van der Waals surface area contributed by atoms with Crippen LogP contribution in [0.15, 0.2) is 42.5 Å². The number of ether oxygens (including phenoxy) is 1. The van der Waals surface area contributed by atoms with Crippen LogP contribution in [0.5, 0.6) is 5.75 Å². The number of benzene rings is 2. The van der Waals surface area contributed by atoms with Crippen molar-refractivity contribution in [2.75, 3.05) is 19.4 Å². The Balaban J connectivity index is 0.00000338. The number of halogens is 5. The molecule has 0 saturated heterocycles. The number of amides is 1. The van der Waals surface area contributed by atoms with Crippen molar-refractivity contribution in [2.24, 2.45) is 0 Å². The van der Waals surface area contributed by atoms with Crippen LogP contribution < -0.4 is 10.1 Å². The van der Waals surface area contributed by atoms with Gasteiger partial charge in [-0.3, -0.25) is 4.79 Å². The molecule has 2 rings (SSSR count). The molecule has 150 valence electrons. The third-order valence-electron chi connectivity index (χ3n) is 3.33. The summed E-state index contributed by atoms with van der Waals surface area (Å²) in [4.78, 5) is 13.4. The number of carbonyl (C=O) groups excluding carboxylic acids is 1. The highest BCUT2D eigenvalue weighted by atomic mass is 35.5. The Morgan fingerprint density at radius 1 is 1.07 bits per heavy atom. The molecule has 9 heteroatoms. The zero-order valence-corrected chi connectivity index (χ0v) is 16.6. The Bertz CT molecular complexity index is 769. The molecule has 4 nitrogen and oxygen atoms in total. The van der Waals surface area contributed by atoms with E-state index in [1.807, 2.05) is 31.1 Å². The second-order valence-corrected chi connectivity index (χ2v) is 5.83. The van der Waals surface area contributed by atoms with Crippen LogP contribution >= 0.6 is 24.8 Å². The van der Waals surface area contributed by atoms with Crippen molar-refractivity contribution in [3.8, 4) is 16.9 Å². The van der Waals surface area contributed by atoms with Gasteiger partial charge in [0.05, 0.1) is 0 Å². The van der Waals surface area contributed by atoms with Crippen molar-refractivity contribution in [3.05, 3.63) is 48.0 Å². The first kappa shape index (κ1) is 25.0. The standard InChI is InChI=1S/C18H19F3N2O2.2ClH/c1-12(24)22-17-9-8-14(25-18(19,20)21)10-16(17)15-7-5-4-6-13(15)11-23(2)3;;/h4-10H,11H2,1-3H3,(H,22,24);2*1H. The Morgan fingerprint density at radius 2 is 1.70 bits per heavy atom. The number of rotatable bonds is 5. The molecule has 1 N–H and O–H groups in total. The molecule has 0 aliphatic rings. The summed E-state index contributed by atoms with van der Waals surface area (Å²) in [6.45, 7) is 1.94. The predicted octanol–water partition coefficient (Wildman–Crippen LogP) is 5.12. The minimum absolute atomic E-state index is 0. The Morgan fingerprint density at radius 3 is 2.26 bits per heavy atom. The lowest BCUT2D eigenvalue weighted by atomic mass is 9.97. The first-order valence-electron chi connectivity index (χ1n) is 7.56.